The fourth-order valence-electron chi connectivity index (χ4n) is 2.68. The van der Waals surface area contributed by atoms with Crippen LogP contribution in [0.3, 0.4) is 0 Å². The van der Waals surface area contributed by atoms with E-state index in [-0.39, 0.29) is 46.0 Å². The number of nitrogens with zero attached hydrogens (tertiary/aromatic N) is 5. The van der Waals surface area contributed by atoms with E-state index in [9.17, 15) is 15.4 Å². The predicted octanol–water partition coefficient (Wildman–Crippen LogP) is 3.19. The molecule has 31 heavy (non-hydrogen) atoms. The van der Waals surface area contributed by atoms with Gasteiger partial charge in [0.15, 0.2) is 17.3 Å². The van der Waals surface area contributed by atoms with Crippen molar-refractivity contribution in [2.24, 2.45) is 0 Å². The van der Waals surface area contributed by atoms with Crippen molar-refractivity contribution in [1.29, 1.82) is 5.26 Å². The molecule has 11 heteroatoms. The normalized spacial score (nSPS) is 10.8. The van der Waals surface area contributed by atoms with Crippen molar-refractivity contribution in [2.45, 2.75) is 0 Å². The Kier molecular flexibility index (Phi) is 6.22. The molecule has 156 valence electrons. The predicted molar refractivity (Wildman–Crippen MR) is 114 cm³/mol. The summed E-state index contributed by atoms with van der Waals surface area (Å²) in [5.41, 5.74) is 6.25. The van der Waals surface area contributed by atoms with Gasteiger partial charge in [-0.2, -0.15) is 20.2 Å². The number of nitro benzene ring substituents is 1. The van der Waals surface area contributed by atoms with Crippen LogP contribution in [0.5, 0.6) is 11.5 Å². The summed E-state index contributed by atoms with van der Waals surface area (Å²) in [6.07, 6.45) is 1.28. The minimum absolute atomic E-state index is 0.0440. The van der Waals surface area contributed by atoms with Gasteiger partial charge in [0.2, 0.25) is 11.9 Å². The number of methoxy groups -OCH3 is 2. The number of allylic oxidation sites excluding steroid dienone is 1. The van der Waals surface area contributed by atoms with Crippen LogP contribution in [0, 0.1) is 21.4 Å². The second-order valence-corrected chi connectivity index (χ2v) is 6.02. The van der Waals surface area contributed by atoms with Gasteiger partial charge in [-0.1, -0.05) is 18.2 Å². The molecule has 0 radical (unpaired) electrons. The Balaban J connectivity index is 2.08. The number of nitro groups is 1. The van der Waals surface area contributed by atoms with Crippen molar-refractivity contribution >= 4 is 34.9 Å². The van der Waals surface area contributed by atoms with Crippen LogP contribution in [0.15, 0.2) is 42.5 Å². The smallest absolute Gasteiger partial charge is 0.280 e. The summed E-state index contributed by atoms with van der Waals surface area (Å²) in [7, 11) is 2.77. The van der Waals surface area contributed by atoms with Gasteiger partial charge >= 0.3 is 0 Å². The molecule has 1 aromatic heterocycles. The standard InChI is InChI=1S/C20H17N7O4/c1-30-16-9-12(15(27(28)29)10-17(16)31-2)8-13(11-21)18-24-19(22)26-20(25-18)23-14-6-4-3-5-7-14/h3-10H,1-2H3,(H3,22,23,24,25,26)/b13-8+. The largest absolute Gasteiger partial charge is 0.493 e. The summed E-state index contributed by atoms with van der Waals surface area (Å²) < 4.78 is 10.3. The number of hydrogen-bond donors (Lipinski definition) is 2. The zero-order valence-electron chi connectivity index (χ0n) is 16.6. The maximum atomic E-state index is 11.5. The van der Waals surface area contributed by atoms with Crippen LogP contribution in [0.2, 0.25) is 0 Å². The first-order chi connectivity index (χ1) is 14.9. The lowest BCUT2D eigenvalue weighted by atomic mass is 10.1. The van der Waals surface area contributed by atoms with Gasteiger partial charge in [0.1, 0.15) is 6.07 Å². The molecular weight excluding hydrogens is 402 g/mol. The molecule has 0 fully saturated rings. The molecule has 0 atom stereocenters. The molecule has 2 aromatic carbocycles. The van der Waals surface area contributed by atoms with Gasteiger partial charge in [0.05, 0.1) is 36.3 Å². The molecule has 0 amide bonds. The highest BCUT2D eigenvalue weighted by atomic mass is 16.6. The van der Waals surface area contributed by atoms with Gasteiger partial charge < -0.3 is 20.5 Å². The first-order valence-electron chi connectivity index (χ1n) is 8.81. The average Bonchev–Trinajstić information content (AvgIpc) is 2.77. The van der Waals surface area contributed by atoms with Crippen molar-refractivity contribution in [1.82, 2.24) is 15.0 Å². The number of hydrogen-bond acceptors (Lipinski definition) is 10. The SMILES string of the molecule is COc1cc(/C=C(\C#N)c2nc(N)nc(Nc3ccccc3)n2)c([N+](=O)[O-])cc1OC. The zero-order chi connectivity index (χ0) is 22.4. The Morgan fingerprint density at radius 2 is 1.84 bits per heavy atom. The molecule has 1 heterocycles. The minimum Gasteiger partial charge on any atom is -0.493 e. The van der Waals surface area contributed by atoms with Crippen molar-refractivity contribution in [3.8, 4) is 17.6 Å². The highest BCUT2D eigenvalue weighted by molar-refractivity contribution is 5.90. The number of nitriles is 1. The Bertz CT molecular complexity index is 1190. The van der Waals surface area contributed by atoms with E-state index in [0.29, 0.717) is 5.69 Å². The molecular formula is C20H17N7O4. The number of ether oxygens (including phenoxy) is 2. The number of rotatable bonds is 7. The number of para-hydroxylation sites is 1. The van der Waals surface area contributed by atoms with Crippen LogP contribution < -0.4 is 20.5 Å². The lowest BCUT2D eigenvalue weighted by Crippen LogP contribution is -2.06. The molecule has 0 saturated carbocycles. The highest BCUT2D eigenvalue weighted by Crippen LogP contribution is 2.36. The molecule has 3 rings (SSSR count). The molecule has 0 saturated heterocycles. The van der Waals surface area contributed by atoms with Crippen LogP contribution in [0.25, 0.3) is 11.6 Å². The second-order valence-electron chi connectivity index (χ2n) is 6.02. The Labute approximate surface area is 177 Å². The number of aromatic nitrogens is 3. The van der Waals surface area contributed by atoms with Gasteiger partial charge in [-0.3, -0.25) is 10.1 Å². The number of nitrogen functional groups attached to an aromatic ring is 1. The molecule has 0 unspecified atom stereocenters. The Morgan fingerprint density at radius 3 is 2.45 bits per heavy atom. The molecule has 0 aliphatic rings. The second kappa shape index (κ2) is 9.19. The number of nitrogens with two attached hydrogens (primary N) is 1. The monoisotopic (exact) mass is 419 g/mol. The van der Waals surface area contributed by atoms with Gasteiger partial charge in [-0.05, 0) is 24.3 Å². The van der Waals surface area contributed by atoms with E-state index in [1.165, 1.54) is 32.4 Å². The van der Waals surface area contributed by atoms with E-state index in [1.54, 1.807) is 12.1 Å². The molecule has 0 spiro atoms. The lowest BCUT2D eigenvalue weighted by Gasteiger charge is -2.09. The van der Waals surface area contributed by atoms with Gasteiger partial charge in [0.25, 0.3) is 5.69 Å². The molecule has 3 N–H and O–H groups in total. The fourth-order valence-corrected chi connectivity index (χ4v) is 2.68. The van der Waals surface area contributed by atoms with Crippen molar-refractivity contribution in [2.75, 3.05) is 25.3 Å². The third kappa shape index (κ3) is 4.83. The summed E-state index contributed by atoms with van der Waals surface area (Å²) in [6, 6.07) is 13.6. The summed E-state index contributed by atoms with van der Waals surface area (Å²) in [6.45, 7) is 0. The van der Waals surface area contributed by atoms with Crippen LogP contribution >= 0.6 is 0 Å². The molecule has 0 aliphatic carbocycles. The van der Waals surface area contributed by atoms with E-state index in [2.05, 4.69) is 20.3 Å². The maximum absolute atomic E-state index is 11.5. The summed E-state index contributed by atoms with van der Waals surface area (Å²) in [4.78, 5) is 23.2. The summed E-state index contributed by atoms with van der Waals surface area (Å²) in [5, 5.41) is 24.2. The number of benzene rings is 2. The first-order valence-corrected chi connectivity index (χ1v) is 8.81. The molecule has 0 aliphatic heterocycles. The van der Waals surface area contributed by atoms with Crippen LogP contribution in [0.1, 0.15) is 11.4 Å². The summed E-state index contributed by atoms with van der Waals surface area (Å²) in [5.74, 6) is 0.405. The van der Waals surface area contributed by atoms with Crippen LogP contribution in [0.4, 0.5) is 23.3 Å². The van der Waals surface area contributed by atoms with Gasteiger partial charge in [0, 0.05) is 5.69 Å². The molecule has 3 aromatic rings. The lowest BCUT2D eigenvalue weighted by molar-refractivity contribution is -0.385. The topological polar surface area (TPSA) is 162 Å². The first kappa shape index (κ1) is 21.0. The fraction of sp³-hybridized carbons (Fsp3) is 0.100. The maximum Gasteiger partial charge on any atom is 0.280 e. The van der Waals surface area contributed by atoms with Crippen molar-refractivity contribution < 1.29 is 14.4 Å². The molecule has 11 nitrogen and oxygen atoms in total. The average molecular weight is 419 g/mol. The Hall–Kier alpha value is -4.72. The van der Waals surface area contributed by atoms with E-state index >= 15 is 0 Å². The minimum atomic E-state index is -0.590. The van der Waals surface area contributed by atoms with Gasteiger partial charge in [-0.25, -0.2) is 0 Å². The Morgan fingerprint density at radius 1 is 1.16 bits per heavy atom. The number of anilines is 3. The molecule has 0 bridgehead atoms. The van der Waals surface area contributed by atoms with E-state index < -0.39 is 4.92 Å². The van der Waals surface area contributed by atoms with E-state index in [0.717, 1.165) is 0 Å². The summed E-state index contributed by atoms with van der Waals surface area (Å²) >= 11 is 0. The zero-order valence-corrected chi connectivity index (χ0v) is 16.6. The van der Waals surface area contributed by atoms with E-state index in [1.807, 2.05) is 24.3 Å². The van der Waals surface area contributed by atoms with Gasteiger partial charge in [-0.15, -0.1) is 0 Å². The number of nitrogens with one attached hydrogen (secondary N) is 1. The third-order valence-electron chi connectivity index (χ3n) is 4.07. The third-order valence-corrected chi connectivity index (χ3v) is 4.07. The van der Waals surface area contributed by atoms with Crippen molar-refractivity contribution in [3.05, 3.63) is 64.0 Å². The van der Waals surface area contributed by atoms with E-state index in [4.69, 9.17) is 15.2 Å². The van der Waals surface area contributed by atoms with Crippen molar-refractivity contribution in [3.63, 3.8) is 0 Å². The quantitative estimate of drug-likeness (QED) is 0.330. The van der Waals surface area contributed by atoms with Crippen LogP contribution in [-0.2, 0) is 0 Å². The highest BCUT2D eigenvalue weighted by Gasteiger charge is 2.20. The van der Waals surface area contributed by atoms with Crippen LogP contribution in [-0.4, -0.2) is 34.1 Å².